The summed E-state index contributed by atoms with van der Waals surface area (Å²) in [5, 5.41) is 12.1. The Morgan fingerprint density at radius 2 is 1.74 bits per heavy atom. The van der Waals surface area contributed by atoms with E-state index in [-0.39, 0.29) is 23.4 Å². The molecule has 2 aromatic rings. The average Bonchev–Trinajstić information content (AvgIpc) is 2.75. The fourth-order valence-corrected chi connectivity index (χ4v) is 3.43. The van der Waals surface area contributed by atoms with Gasteiger partial charge in [-0.3, -0.25) is 4.79 Å². The van der Waals surface area contributed by atoms with Crippen LogP contribution in [0.1, 0.15) is 66.3 Å². The summed E-state index contributed by atoms with van der Waals surface area (Å²) in [4.78, 5) is 49.6. The van der Waals surface area contributed by atoms with Gasteiger partial charge in [-0.25, -0.2) is 14.4 Å². The molecule has 0 radical (unpaired) electrons. The van der Waals surface area contributed by atoms with Gasteiger partial charge in [0.05, 0.1) is 12.2 Å². The van der Waals surface area contributed by atoms with Gasteiger partial charge in [0.1, 0.15) is 11.6 Å². The second-order valence-electron chi connectivity index (χ2n) is 8.98. The number of carboxylic acid groups (broad SMARTS) is 1. The summed E-state index contributed by atoms with van der Waals surface area (Å²) in [5.74, 6) is -2.96. The monoisotopic (exact) mass is 504 g/mol. The summed E-state index contributed by atoms with van der Waals surface area (Å²) in [6, 6.07) is 9.33. The third-order valence-electron chi connectivity index (χ3n) is 4.88. The summed E-state index contributed by atoms with van der Waals surface area (Å²) in [6.07, 6.45) is -1.34. The normalized spacial score (nSPS) is 12.8. The zero-order chi connectivity index (χ0) is 26.3. The highest BCUT2D eigenvalue weighted by Gasteiger charge is 2.29. The quantitative estimate of drug-likeness (QED) is 0.258. The van der Waals surface area contributed by atoms with E-state index in [0.29, 0.717) is 10.6 Å². The molecule has 0 aliphatic rings. The van der Waals surface area contributed by atoms with Gasteiger partial charge in [0.25, 0.3) is 0 Å². The van der Waals surface area contributed by atoms with Crippen LogP contribution in [0.4, 0.5) is 10.5 Å². The molecule has 2 aromatic carbocycles. The molecule has 2 rings (SSSR count). The van der Waals surface area contributed by atoms with Crippen molar-refractivity contribution < 1.29 is 33.8 Å². The van der Waals surface area contributed by atoms with Crippen molar-refractivity contribution in [3.63, 3.8) is 0 Å². The number of hydrogen-bond acceptors (Lipinski definition) is 7. The number of halogens is 1. The fraction of sp³-hybridized carbons (Fsp3) is 0.360. The first kappa shape index (κ1) is 27.7. The summed E-state index contributed by atoms with van der Waals surface area (Å²) < 4.78 is 10.6. The van der Waals surface area contributed by atoms with Crippen LogP contribution in [0.3, 0.4) is 0 Å². The lowest BCUT2D eigenvalue weighted by molar-refractivity contribution is -0.146. The molecule has 35 heavy (non-hydrogen) atoms. The summed E-state index contributed by atoms with van der Waals surface area (Å²) in [5.41, 5.74) is 5.89. The standard InChI is InChI=1S/C25H29ClN2O7/c1-14(16-7-5-6-8-17(16)22(30)31)13-34-23(32)20(28-24(33)35-25(2,3)4)12-21(29)18-10-9-15(26)11-19(18)27/h5-11,14,20H,12-13,27H2,1-4H3,(H,28,33)(H,30,31)/t14-,20?/m0/s1. The Hall–Kier alpha value is -3.59. The van der Waals surface area contributed by atoms with Gasteiger partial charge < -0.3 is 25.6 Å². The van der Waals surface area contributed by atoms with Crippen LogP contribution in [0.25, 0.3) is 0 Å². The van der Waals surface area contributed by atoms with Gasteiger partial charge in [-0.05, 0) is 50.6 Å². The summed E-state index contributed by atoms with van der Waals surface area (Å²) >= 11 is 5.88. The summed E-state index contributed by atoms with van der Waals surface area (Å²) in [7, 11) is 0. The smallest absolute Gasteiger partial charge is 0.408 e. The molecule has 0 aliphatic carbocycles. The van der Waals surface area contributed by atoms with E-state index in [9.17, 15) is 24.3 Å². The fourth-order valence-electron chi connectivity index (χ4n) is 3.24. The molecule has 1 amide bonds. The first-order valence-electron chi connectivity index (χ1n) is 10.8. The van der Waals surface area contributed by atoms with E-state index < -0.39 is 47.8 Å². The number of aromatic carboxylic acids is 1. The number of benzene rings is 2. The zero-order valence-electron chi connectivity index (χ0n) is 20.0. The Bertz CT molecular complexity index is 1110. The van der Waals surface area contributed by atoms with Gasteiger partial charge in [-0.2, -0.15) is 0 Å². The SMILES string of the molecule is C[C@@H](COC(=O)C(CC(=O)c1ccc(Cl)cc1N)NC(=O)OC(C)(C)C)c1ccccc1C(=O)O. The lowest BCUT2D eigenvalue weighted by Crippen LogP contribution is -2.45. The highest BCUT2D eigenvalue weighted by atomic mass is 35.5. The van der Waals surface area contributed by atoms with E-state index >= 15 is 0 Å². The average molecular weight is 505 g/mol. The number of alkyl carbamates (subject to hydrolysis) is 1. The van der Waals surface area contributed by atoms with Crippen LogP contribution < -0.4 is 11.1 Å². The number of carbonyl (C=O) groups excluding carboxylic acids is 3. The van der Waals surface area contributed by atoms with Crippen molar-refractivity contribution in [3.8, 4) is 0 Å². The van der Waals surface area contributed by atoms with Crippen molar-refractivity contribution in [3.05, 3.63) is 64.2 Å². The van der Waals surface area contributed by atoms with E-state index in [4.69, 9.17) is 26.8 Å². The van der Waals surface area contributed by atoms with Gasteiger partial charge in [-0.1, -0.05) is 36.7 Å². The minimum Gasteiger partial charge on any atom is -0.478 e. The molecule has 0 spiro atoms. The van der Waals surface area contributed by atoms with Crippen LogP contribution >= 0.6 is 11.6 Å². The van der Waals surface area contributed by atoms with Gasteiger partial charge in [0, 0.05) is 28.6 Å². The number of amides is 1. The highest BCUT2D eigenvalue weighted by molar-refractivity contribution is 6.31. The molecule has 1 unspecified atom stereocenters. The van der Waals surface area contributed by atoms with Crippen molar-refractivity contribution in [1.29, 1.82) is 0 Å². The number of nitrogens with two attached hydrogens (primary N) is 1. The van der Waals surface area contributed by atoms with Gasteiger partial charge in [-0.15, -0.1) is 0 Å². The molecule has 2 atom stereocenters. The van der Waals surface area contributed by atoms with E-state index in [0.717, 1.165) is 0 Å². The van der Waals surface area contributed by atoms with Crippen LogP contribution in [0.15, 0.2) is 42.5 Å². The third-order valence-corrected chi connectivity index (χ3v) is 5.11. The highest BCUT2D eigenvalue weighted by Crippen LogP contribution is 2.22. The molecule has 0 aromatic heterocycles. The van der Waals surface area contributed by atoms with Crippen molar-refractivity contribution in [2.75, 3.05) is 12.3 Å². The number of nitrogens with one attached hydrogen (secondary N) is 1. The molecule has 188 valence electrons. The maximum atomic E-state index is 12.9. The molecule has 0 saturated carbocycles. The molecule has 0 bridgehead atoms. The number of carbonyl (C=O) groups is 4. The number of nitrogen functional groups attached to an aromatic ring is 1. The molecule has 0 aliphatic heterocycles. The maximum Gasteiger partial charge on any atom is 0.408 e. The molecule has 0 heterocycles. The Kier molecular flexibility index (Phi) is 9.25. The third kappa shape index (κ3) is 8.29. The van der Waals surface area contributed by atoms with Crippen molar-refractivity contribution in [1.82, 2.24) is 5.32 Å². The summed E-state index contributed by atoms with van der Waals surface area (Å²) in [6.45, 7) is 6.49. The molecule has 10 heteroatoms. The van der Waals surface area contributed by atoms with Crippen LogP contribution in [-0.2, 0) is 14.3 Å². The van der Waals surface area contributed by atoms with Crippen LogP contribution in [0.2, 0.25) is 5.02 Å². The van der Waals surface area contributed by atoms with Crippen LogP contribution in [0.5, 0.6) is 0 Å². The Labute approximate surface area is 208 Å². The van der Waals surface area contributed by atoms with Gasteiger partial charge in [0.2, 0.25) is 0 Å². The zero-order valence-corrected chi connectivity index (χ0v) is 20.7. The van der Waals surface area contributed by atoms with E-state index in [1.165, 1.54) is 24.3 Å². The van der Waals surface area contributed by atoms with Gasteiger partial charge >= 0.3 is 18.0 Å². The Morgan fingerprint density at radius 3 is 2.34 bits per heavy atom. The second-order valence-corrected chi connectivity index (χ2v) is 9.42. The van der Waals surface area contributed by atoms with Crippen molar-refractivity contribution in [2.45, 2.75) is 51.7 Å². The molecule has 9 nitrogen and oxygen atoms in total. The first-order chi connectivity index (χ1) is 16.3. The van der Waals surface area contributed by atoms with Crippen LogP contribution in [0, 0.1) is 0 Å². The lowest BCUT2D eigenvalue weighted by Gasteiger charge is -2.23. The molecular formula is C25H29ClN2O7. The van der Waals surface area contributed by atoms with E-state index in [1.54, 1.807) is 45.9 Å². The van der Waals surface area contributed by atoms with Crippen molar-refractivity contribution in [2.24, 2.45) is 0 Å². The minimum atomic E-state index is -1.37. The van der Waals surface area contributed by atoms with E-state index in [2.05, 4.69) is 5.32 Å². The largest absolute Gasteiger partial charge is 0.478 e. The minimum absolute atomic E-state index is 0.0906. The Morgan fingerprint density at radius 1 is 1.09 bits per heavy atom. The lowest BCUT2D eigenvalue weighted by atomic mass is 9.96. The number of Topliss-reactive ketones (excluding diaryl/α,β-unsaturated/α-hetero) is 1. The number of hydrogen-bond donors (Lipinski definition) is 3. The number of carboxylic acids is 1. The maximum absolute atomic E-state index is 12.9. The molecule has 0 saturated heterocycles. The first-order valence-corrected chi connectivity index (χ1v) is 11.2. The predicted molar refractivity (Wildman–Crippen MR) is 131 cm³/mol. The topological polar surface area (TPSA) is 145 Å². The number of anilines is 1. The molecular weight excluding hydrogens is 476 g/mol. The predicted octanol–water partition coefficient (Wildman–Crippen LogP) is 4.43. The molecule has 0 fully saturated rings. The second kappa shape index (κ2) is 11.7. The van der Waals surface area contributed by atoms with Crippen LogP contribution in [-0.4, -0.2) is 47.2 Å². The number of esters is 1. The number of rotatable bonds is 9. The van der Waals surface area contributed by atoms with Gasteiger partial charge in [0.15, 0.2) is 5.78 Å². The van der Waals surface area contributed by atoms with E-state index in [1.807, 2.05) is 0 Å². The van der Waals surface area contributed by atoms with Crippen molar-refractivity contribution >= 4 is 41.1 Å². The number of ether oxygens (including phenoxy) is 2. The Balaban J connectivity index is 2.18. The molecule has 4 N–H and O–H groups in total. The number of ketones is 1.